The van der Waals surface area contributed by atoms with Crippen LogP contribution in [0.25, 0.3) is 11.1 Å². The van der Waals surface area contributed by atoms with E-state index in [0.717, 1.165) is 25.0 Å². The minimum atomic E-state index is -4.56. The zero-order valence-electron chi connectivity index (χ0n) is 24.3. The molecule has 10 nitrogen and oxygen atoms in total. The molecule has 0 unspecified atom stereocenters. The number of alkyl halides is 3. The molecule has 5 atom stereocenters. The molecule has 2 amide bonds. The second-order valence-electron chi connectivity index (χ2n) is 11.8. The molecule has 45 heavy (non-hydrogen) atoms. The van der Waals surface area contributed by atoms with Gasteiger partial charge in [-0.3, -0.25) is 9.59 Å². The topological polar surface area (TPSA) is 134 Å². The van der Waals surface area contributed by atoms with Crippen molar-refractivity contribution in [3.63, 3.8) is 0 Å². The fourth-order valence-corrected chi connectivity index (χ4v) is 6.18. The number of para-hydroxylation sites is 2. The van der Waals surface area contributed by atoms with E-state index < -0.39 is 53.2 Å². The summed E-state index contributed by atoms with van der Waals surface area (Å²) in [5.41, 5.74) is -1.15. The fraction of sp³-hybridized carbons (Fsp3) is 0.438. The molecular weight excluding hydrogens is 593 g/mol. The molecule has 238 valence electrons. The number of nitrogens with one attached hydrogen (secondary N) is 2. The van der Waals surface area contributed by atoms with Crippen LogP contribution < -0.4 is 15.4 Å². The Hall–Kier alpha value is -4.55. The summed E-state index contributed by atoms with van der Waals surface area (Å²) >= 11 is 0. The third kappa shape index (κ3) is 6.47. The zero-order chi connectivity index (χ0) is 31.8. The number of amides is 2. The van der Waals surface area contributed by atoms with E-state index in [1.807, 2.05) is 12.2 Å². The Labute approximate surface area is 256 Å². The molecule has 2 aromatic carbocycles. The van der Waals surface area contributed by atoms with Gasteiger partial charge in [0.05, 0.1) is 12.1 Å². The van der Waals surface area contributed by atoms with Crippen LogP contribution in [0.2, 0.25) is 0 Å². The molecule has 1 saturated carbocycles. The van der Waals surface area contributed by atoms with E-state index in [9.17, 15) is 32.7 Å². The van der Waals surface area contributed by atoms with Crippen LogP contribution in [0.3, 0.4) is 0 Å². The Morgan fingerprint density at radius 2 is 1.96 bits per heavy atom. The number of oxazole rings is 1. The first-order valence-electron chi connectivity index (χ1n) is 15.0. The number of anilines is 1. The number of carboxylic acids is 1. The number of hydrogen-bond donors (Lipinski definition) is 3. The molecule has 6 rings (SSSR count). The van der Waals surface area contributed by atoms with Crippen molar-refractivity contribution in [1.82, 2.24) is 15.2 Å². The van der Waals surface area contributed by atoms with Gasteiger partial charge >= 0.3 is 18.2 Å². The molecule has 1 aliphatic carbocycles. The highest BCUT2D eigenvalue weighted by Gasteiger charge is 2.61. The number of aliphatic carboxylic acids is 1. The molecule has 1 saturated heterocycles. The molecule has 0 bridgehead atoms. The first-order chi connectivity index (χ1) is 21.5. The van der Waals surface area contributed by atoms with Crippen LogP contribution in [-0.2, 0) is 20.6 Å². The maximum absolute atomic E-state index is 14.2. The molecule has 1 aromatic heterocycles. The third-order valence-corrected chi connectivity index (χ3v) is 8.69. The summed E-state index contributed by atoms with van der Waals surface area (Å²) < 4.78 is 52.0. The summed E-state index contributed by atoms with van der Waals surface area (Å²) in [5, 5.41) is 15.7. The molecular formula is C32H33F3N4O6. The summed E-state index contributed by atoms with van der Waals surface area (Å²) in [6.45, 7) is -0.0418. The number of ether oxygens (including phenoxy) is 1. The van der Waals surface area contributed by atoms with Gasteiger partial charge in [-0.1, -0.05) is 43.2 Å². The Morgan fingerprint density at radius 1 is 1.13 bits per heavy atom. The lowest BCUT2D eigenvalue weighted by Gasteiger charge is -2.30. The zero-order valence-corrected chi connectivity index (χ0v) is 24.3. The van der Waals surface area contributed by atoms with E-state index in [-0.39, 0.29) is 37.1 Å². The van der Waals surface area contributed by atoms with E-state index in [0.29, 0.717) is 30.4 Å². The quantitative estimate of drug-likeness (QED) is 0.331. The van der Waals surface area contributed by atoms with Crippen molar-refractivity contribution in [3.8, 4) is 6.08 Å². The number of nitrogens with zero attached hydrogens (tertiary/aromatic N) is 2. The Bertz CT molecular complexity index is 1590. The minimum Gasteiger partial charge on any atom is -0.479 e. The second kappa shape index (κ2) is 12.1. The number of benzene rings is 2. The lowest BCUT2D eigenvalue weighted by Crippen LogP contribution is -2.55. The largest absolute Gasteiger partial charge is 0.479 e. The lowest BCUT2D eigenvalue weighted by molar-refractivity contribution is -0.145. The maximum Gasteiger partial charge on any atom is 0.416 e. The predicted octanol–water partition coefficient (Wildman–Crippen LogP) is 5.16. The number of allylic oxidation sites excluding steroid dienone is 1. The van der Waals surface area contributed by atoms with Gasteiger partial charge in [-0.05, 0) is 56.0 Å². The van der Waals surface area contributed by atoms with Gasteiger partial charge in [-0.25, -0.2) is 4.79 Å². The average Bonchev–Trinajstić information content (AvgIpc) is 3.31. The molecule has 3 N–H and O–H groups in total. The number of rotatable bonds is 5. The summed E-state index contributed by atoms with van der Waals surface area (Å²) in [6, 6.07) is 9.63. The van der Waals surface area contributed by atoms with Gasteiger partial charge in [0, 0.05) is 18.0 Å². The normalized spacial score (nSPS) is 27.6. The molecule has 2 fully saturated rings. The number of carboxylic acid groups (broad SMARTS) is 1. The van der Waals surface area contributed by atoms with E-state index in [1.54, 1.807) is 24.3 Å². The Morgan fingerprint density at radius 3 is 2.73 bits per heavy atom. The fourth-order valence-electron chi connectivity index (χ4n) is 6.18. The van der Waals surface area contributed by atoms with Gasteiger partial charge in [0.25, 0.3) is 0 Å². The number of fused-ring (bicyclic) bond motifs is 3. The van der Waals surface area contributed by atoms with E-state index in [4.69, 9.17) is 9.15 Å². The molecule has 13 heteroatoms. The molecule has 2 aliphatic heterocycles. The van der Waals surface area contributed by atoms with Crippen LogP contribution in [0.15, 0.2) is 65.1 Å². The standard InChI is InChI=1S/C32H33F3N4O6/c33-32(34,35)19-10-8-11-21(15-19)36-24-13-5-3-1-2-4-9-20-17-31(20,29(42)43)38-27(40)25-16-22(18-39(25)28(24)41)44-30-37-23-12-6-7-14-26(23)45-30/h4,6-12,14-15,20,22,24-25,36H,1-3,5,13,16-18H2,(H,38,40)(H,42,43)/t20-,22-,24+,25+,31-/m1/s1. The first-order valence-corrected chi connectivity index (χ1v) is 15.0. The van der Waals surface area contributed by atoms with Gasteiger partial charge in [-0.2, -0.15) is 18.2 Å². The SMILES string of the molecule is O=C1N[C@]2(C(=O)O)C[C@H]2C=CCCCCC[C@H](Nc2cccc(C(F)(F)F)c2)C(=O)N2C[C@H](Oc3nc4ccccc4o3)C[C@@H]12. The van der Waals surface area contributed by atoms with Crippen molar-refractivity contribution in [3.05, 3.63) is 66.2 Å². The third-order valence-electron chi connectivity index (χ3n) is 8.69. The highest BCUT2D eigenvalue weighted by molar-refractivity contribution is 5.96. The molecule has 3 aromatic rings. The van der Waals surface area contributed by atoms with Crippen LogP contribution in [-0.4, -0.2) is 63.0 Å². The van der Waals surface area contributed by atoms with Crippen LogP contribution in [0, 0.1) is 5.92 Å². The number of carbonyl (C=O) groups excluding carboxylic acids is 2. The first kappa shape index (κ1) is 30.5. The lowest BCUT2D eigenvalue weighted by atomic mass is 10.0. The second-order valence-corrected chi connectivity index (χ2v) is 11.8. The highest BCUT2D eigenvalue weighted by atomic mass is 19.4. The summed E-state index contributed by atoms with van der Waals surface area (Å²) in [6.07, 6.45) is 1.81. The monoisotopic (exact) mass is 626 g/mol. The maximum atomic E-state index is 14.2. The van der Waals surface area contributed by atoms with Gasteiger partial charge < -0.3 is 29.8 Å². The Kier molecular flexibility index (Phi) is 8.19. The van der Waals surface area contributed by atoms with Crippen molar-refractivity contribution in [2.24, 2.45) is 5.92 Å². The van der Waals surface area contributed by atoms with Crippen LogP contribution in [0.1, 0.15) is 50.5 Å². The van der Waals surface area contributed by atoms with Crippen molar-refractivity contribution in [2.45, 2.75) is 74.8 Å². The molecule has 0 spiro atoms. The van der Waals surface area contributed by atoms with Gasteiger partial charge in [0.2, 0.25) is 11.8 Å². The summed E-state index contributed by atoms with van der Waals surface area (Å²) in [7, 11) is 0. The summed E-state index contributed by atoms with van der Waals surface area (Å²) in [5.74, 6) is -2.68. The van der Waals surface area contributed by atoms with Gasteiger partial charge in [0.15, 0.2) is 5.58 Å². The van der Waals surface area contributed by atoms with E-state index >= 15 is 0 Å². The smallest absolute Gasteiger partial charge is 0.416 e. The molecule has 3 heterocycles. The van der Waals surface area contributed by atoms with Gasteiger partial charge in [-0.15, -0.1) is 0 Å². The number of carbonyl (C=O) groups is 3. The average molecular weight is 627 g/mol. The number of hydrogen-bond acceptors (Lipinski definition) is 7. The summed E-state index contributed by atoms with van der Waals surface area (Å²) in [4.78, 5) is 45.9. The van der Waals surface area contributed by atoms with Gasteiger partial charge in [0.1, 0.15) is 29.2 Å². The van der Waals surface area contributed by atoms with Crippen molar-refractivity contribution in [2.75, 3.05) is 11.9 Å². The van der Waals surface area contributed by atoms with Crippen LogP contribution in [0.5, 0.6) is 6.08 Å². The van der Waals surface area contributed by atoms with Crippen LogP contribution in [0.4, 0.5) is 18.9 Å². The van der Waals surface area contributed by atoms with Crippen LogP contribution >= 0.6 is 0 Å². The number of aromatic nitrogens is 1. The van der Waals surface area contributed by atoms with E-state index in [1.165, 1.54) is 17.0 Å². The van der Waals surface area contributed by atoms with E-state index in [2.05, 4.69) is 15.6 Å². The van der Waals surface area contributed by atoms with Crippen molar-refractivity contribution < 1.29 is 41.8 Å². The van der Waals surface area contributed by atoms with Crippen molar-refractivity contribution in [1.29, 1.82) is 0 Å². The number of halogens is 3. The minimum absolute atomic E-state index is 0.0305. The Balaban J connectivity index is 1.30. The molecule has 3 aliphatic rings. The highest BCUT2D eigenvalue weighted by Crippen LogP contribution is 2.45. The van der Waals surface area contributed by atoms with Crippen molar-refractivity contribution >= 4 is 34.6 Å². The molecule has 0 radical (unpaired) electrons. The predicted molar refractivity (Wildman–Crippen MR) is 156 cm³/mol.